The van der Waals surface area contributed by atoms with Crippen LogP contribution in [0.1, 0.15) is 18.2 Å². The third-order valence-corrected chi connectivity index (χ3v) is 5.11. The molecule has 13 heteroatoms. The molecule has 2 rings (SSSR count). The zero-order valence-corrected chi connectivity index (χ0v) is 19.0. The highest BCUT2D eigenvalue weighted by molar-refractivity contribution is 5.94. The largest absolute Gasteiger partial charge is 0.480 e. The van der Waals surface area contributed by atoms with E-state index in [0.29, 0.717) is 11.3 Å². The number of nitrogens with one attached hydrogen (secondary N) is 4. The summed E-state index contributed by atoms with van der Waals surface area (Å²) in [5.74, 6) is -3.82. The number of amides is 3. The van der Waals surface area contributed by atoms with Gasteiger partial charge in [0.15, 0.2) is 6.04 Å². The topological polar surface area (TPSA) is 220 Å². The van der Waals surface area contributed by atoms with Gasteiger partial charge in [-0.2, -0.15) is 0 Å². The van der Waals surface area contributed by atoms with Crippen LogP contribution in [0.4, 0.5) is 0 Å². The van der Waals surface area contributed by atoms with Crippen LogP contribution in [0.2, 0.25) is 0 Å². The number of aromatic nitrogens is 2. The Morgan fingerprint density at radius 3 is 2.14 bits per heavy atom. The smallest absolute Gasteiger partial charge is 0.328 e. The minimum absolute atomic E-state index is 0.00540. The molecule has 0 bridgehead atoms. The van der Waals surface area contributed by atoms with Gasteiger partial charge in [-0.15, -0.1) is 0 Å². The van der Waals surface area contributed by atoms with Crippen molar-refractivity contribution in [1.82, 2.24) is 25.9 Å². The molecule has 0 radical (unpaired) electrons. The van der Waals surface area contributed by atoms with Crippen molar-refractivity contribution < 1.29 is 34.5 Å². The van der Waals surface area contributed by atoms with Crippen molar-refractivity contribution >= 4 is 23.7 Å². The lowest BCUT2D eigenvalue weighted by atomic mass is 10.0. The number of nitrogens with two attached hydrogens (primary N) is 1. The fourth-order valence-corrected chi connectivity index (χ4v) is 3.16. The Morgan fingerprint density at radius 1 is 1.00 bits per heavy atom. The number of carbonyl (C=O) groups is 4. The van der Waals surface area contributed by atoms with Crippen LogP contribution in [0, 0.1) is 0 Å². The van der Waals surface area contributed by atoms with E-state index < -0.39 is 60.6 Å². The highest BCUT2D eigenvalue weighted by Gasteiger charge is 2.32. The van der Waals surface area contributed by atoms with Crippen LogP contribution in [-0.2, 0) is 32.0 Å². The van der Waals surface area contributed by atoms with Crippen LogP contribution in [0.3, 0.4) is 0 Å². The summed E-state index contributed by atoms with van der Waals surface area (Å²) < 4.78 is 0. The summed E-state index contributed by atoms with van der Waals surface area (Å²) in [6, 6.07) is 3.39. The molecule has 5 unspecified atom stereocenters. The number of imidazole rings is 1. The molecule has 0 aliphatic carbocycles. The number of carbonyl (C=O) groups excluding carboxylic acids is 3. The SMILES string of the molecule is CC(O)C(NC(=O)C(Cc1ccccc1)NC(=O)C(Cc1cnc[nH]1)NC(=O)C(N)CO)C(=O)O. The predicted molar refractivity (Wildman–Crippen MR) is 123 cm³/mol. The van der Waals surface area contributed by atoms with Crippen LogP contribution in [0.25, 0.3) is 0 Å². The summed E-state index contributed by atoms with van der Waals surface area (Å²) >= 11 is 0. The van der Waals surface area contributed by atoms with E-state index in [2.05, 4.69) is 25.9 Å². The summed E-state index contributed by atoms with van der Waals surface area (Å²) in [7, 11) is 0. The van der Waals surface area contributed by atoms with E-state index in [1.54, 1.807) is 30.3 Å². The molecule has 190 valence electrons. The van der Waals surface area contributed by atoms with Crippen molar-refractivity contribution in [2.75, 3.05) is 6.61 Å². The van der Waals surface area contributed by atoms with Crippen LogP contribution in [0.5, 0.6) is 0 Å². The Balaban J connectivity index is 2.27. The molecule has 9 N–H and O–H groups in total. The van der Waals surface area contributed by atoms with Gasteiger partial charge in [0.1, 0.15) is 18.1 Å². The number of aliphatic carboxylic acids is 1. The summed E-state index contributed by atoms with van der Waals surface area (Å²) in [5, 5.41) is 35.4. The molecule has 2 aromatic rings. The molecule has 13 nitrogen and oxygen atoms in total. The van der Waals surface area contributed by atoms with Gasteiger partial charge in [0.2, 0.25) is 17.7 Å². The summed E-state index contributed by atoms with van der Waals surface area (Å²) in [5.41, 5.74) is 6.73. The first kappa shape index (κ1) is 27.4. The zero-order chi connectivity index (χ0) is 26.0. The molecule has 0 saturated carbocycles. The Bertz CT molecular complexity index is 983. The first-order valence-electron chi connectivity index (χ1n) is 10.8. The minimum atomic E-state index is -1.60. The number of aliphatic hydroxyl groups excluding tert-OH is 2. The molecule has 0 aliphatic heterocycles. The highest BCUT2D eigenvalue weighted by Crippen LogP contribution is 2.07. The minimum Gasteiger partial charge on any atom is -0.480 e. The van der Waals surface area contributed by atoms with E-state index in [9.17, 15) is 29.4 Å². The lowest BCUT2D eigenvalue weighted by Gasteiger charge is -2.25. The predicted octanol–water partition coefficient (Wildman–Crippen LogP) is -2.57. The van der Waals surface area contributed by atoms with Gasteiger partial charge in [0.05, 0.1) is 19.0 Å². The van der Waals surface area contributed by atoms with Gasteiger partial charge in [-0.25, -0.2) is 9.78 Å². The maximum absolute atomic E-state index is 13.2. The van der Waals surface area contributed by atoms with E-state index in [1.165, 1.54) is 19.4 Å². The van der Waals surface area contributed by atoms with Gasteiger partial charge in [-0.1, -0.05) is 30.3 Å². The van der Waals surface area contributed by atoms with Crippen LogP contribution in [-0.4, -0.2) is 85.9 Å². The average molecular weight is 491 g/mol. The third-order valence-electron chi connectivity index (χ3n) is 5.11. The number of aliphatic hydroxyl groups is 2. The number of aromatic amines is 1. The zero-order valence-electron chi connectivity index (χ0n) is 19.0. The molecule has 0 saturated heterocycles. The van der Waals surface area contributed by atoms with Crippen LogP contribution < -0.4 is 21.7 Å². The fourth-order valence-electron chi connectivity index (χ4n) is 3.16. The molecule has 1 aromatic carbocycles. The molecule has 3 amide bonds. The maximum atomic E-state index is 13.2. The molecular formula is C22H30N6O7. The molecule has 1 heterocycles. The standard InChI is InChI=1S/C22H30N6O7/c1-12(30)18(22(34)35)28-21(33)16(7-13-5-3-2-4-6-13)27-20(32)17(8-14-9-24-11-25-14)26-19(31)15(23)10-29/h2-6,9,11-12,15-18,29-30H,7-8,10,23H2,1H3,(H,24,25)(H,26,31)(H,27,32)(H,28,33)(H,34,35). The Morgan fingerprint density at radius 2 is 1.60 bits per heavy atom. The first-order valence-corrected chi connectivity index (χ1v) is 10.8. The molecule has 0 spiro atoms. The van der Waals surface area contributed by atoms with E-state index in [-0.39, 0.29) is 12.8 Å². The highest BCUT2D eigenvalue weighted by atomic mass is 16.4. The van der Waals surface area contributed by atoms with E-state index in [1.807, 2.05) is 0 Å². The second-order valence-corrected chi connectivity index (χ2v) is 7.95. The van der Waals surface area contributed by atoms with Gasteiger partial charge in [-0.3, -0.25) is 14.4 Å². The number of rotatable bonds is 13. The molecular weight excluding hydrogens is 460 g/mol. The van der Waals surface area contributed by atoms with Crippen molar-refractivity contribution in [2.24, 2.45) is 5.73 Å². The quantitative estimate of drug-likeness (QED) is 0.148. The fraction of sp³-hybridized carbons (Fsp3) is 0.409. The summed E-state index contributed by atoms with van der Waals surface area (Å²) in [6.45, 7) is 0.573. The Hall–Kier alpha value is -3.81. The lowest BCUT2D eigenvalue weighted by Crippen LogP contribution is -2.59. The van der Waals surface area contributed by atoms with Gasteiger partial charge in [0.25, 0.3) is 0 Å². The third kappa shape index (κ3) is 8.48. The van der Waals surface area contributed by atoms with Crippen LogP contribution in [0.15, 0.2) is 42.9 Å². The van der Waals surface area contributed by atoms with E-state index in [0.717, 1.165) is 0 Å². The molecule has 0 fully saturated rings. The van der Waals surface area contributed by atoms with E-state index in [4.69, 9.17) is 10.8 Å². The van der Waals surface area contributed by atoms with Crippen molar-refractivity contribution in [3.63, 3.8) is 0 Å². The molecule has 1 aromatic heterocycles. The second-order valence-electron chi connectivity index (χ2n) is 7.95. The molecule has 35 heavy (non-hydrogen) atoms. The Labute approximate surface area is 201 Å². The number of hydrogen-bond donors (Lipinski definition) is 8. The van der Waals surface area contributed by atoms with Gasteiger partial charge >= 0.3 is 5.97 Å². The Kier molecular flexibility index (Phi) is 10.3. The van der Waals surface area contributed by atoms with Gasteiger partial charge in [0, 0.05) is 24.7 Å². The van der Waals surface area contributed by atoms with Crippen molar-refractivity contribution in [3.8, 4) is 0 Å². The van der Waals surface area contributed by atoms with Gasteiger partial charge < -0.3 is 42.0 Å². The number of hydrogen-bond acceptors (Lipinski definition) is 8. The molecule has 5 atom stereocenters. The number of carboxylic acids is 1. The number of H-pyrrole nitrogens is 1. The maximum Gasteiger partial charge on any atom is 0.328 e. The first-order chi connectivity index (χ1) is 16.6. The van der Waals surface area contributed by atoms with Crippen molar-refractivity contribution in [1.29, 1.82) is 0 Å². The van der Waals surface area contributed by atoms with E-state index >= 15 is 0 Å². The summed E-state index contributed by atoms with van der Waals surface area (Å²) in [6.07, 6.45) is 1.43. The van der Waals surface area contributed by atoms with Crippen molar-refractivity contribution in [3.05, 3.63) is 54.1 Å². The van der Waals surface area contributed by atoms with Gasteiger partial charge in [-0.05, 0) is 12.5 Å². The number of benzene rings is 1. The number of carboxylic acid groups (broad SMARTS) is 1. The van der Waals surface area contributed by atoms with Crippen molar-refractivity contribution in [2.45, 2.75) is 50.0 Å². The normalized spacial score (nSPS) is 15.2. The number of nitrogens with zero attached hydrogens (tertiary/aromatic N) is 1. The summed E-state index contributed by atoms with van der Waals surface area (Å²) in [4.78, 5) is 56.5. The lowest BCUT2D eigenvalue weighted by molar-refractivity contribution is -0.145. The van der Waals surface area contributed by atoms with Crippen LogP contribution >= 0.6 is 0 Å². The molecule has 0 aliphatic rings. The average Bonchev–Trinajstić information content (AvgIpc) is 3.34. The monoisotopic (exact) mass is 490 g/mol. The second kappa shape index (κ2) is 13.2.